The van der Waals surface area contributed by atoms with Crippen LogP contribution in [0.25, 0.3) is 6.08 Å². The van der Waals surface area contributed by atoms with Gasteiger partial charge in [0.05, 0.1) is 5.56 Å². The second-order valence-corrected chi connectivity index (χ2v) is 4.00. The van der Waals surface area contributed by atoms with E-state index in [1.54, 1.807) is 0 Å². The van der Waals surface area contributed by atoms with Gasteiger partial charge in [-0.1, -0.05) is 12.1 Å². The molecule has 0 spiro atoms. The van der Waals surface area contributed by atoms with Gasteiger partial charge in [0.2, 0.25) is 0 Å². The molecule has 2 rings (SSSR count). The molecule has 0 amide bonds. The lowest BCUT2D eigenvalue weighted by Gasteiger charge is -2.01. The third-order valence-corrected chi connectivity index (χ3v) is 2.62. The summed E-state index contributed by atoms with van der Waals surface area (Å²) in [6.07, 6.45) is 2.06. The molecule has 102 valence electrons. The van der Waals surface area contributed by atoms with Crippen molar-refractivity contribution >= 4 is 11.9 Å². The van der Waals surface area contributed by atoms with Gasteiger partial charge in [-0.05, 0) is 30.4 Å². The smallest absolute Gasteiger partial charge is 0.189 e. The molecular weight excluding hydrogens is 269 g/mol. The second-order valence-electron chi connectivity index (χ2n) is 4.00. The van der Waals surface area contributed by atoms with Gasteiger partial charge in [-0.2, -0.15) is 0 Å². The van der Waals surface area contributed by atoms with E-state index in [0.717, 1.165) is 36.4 Å². The zero-order valence-corrected chi connectivity index (χ0v) is 10.1. The second kappa shape index (κ2) is 5.61. The number of hydrogen-bond acceptors (Lipinski definition) is 2. The van der Waals surface area contributed by atoms with Crippen LogP contribution in [0.1, 0.15) is 15.9 Å². The fourth-order valence-electron chi connectivity index (χ4n) is 1.62. The fraction of sp³-hybridized carbons (Fsp3) is 0. The maximum atomic E-state index is 13.4. The summed E-state index contributed by atoms with van der Waals surface area (Å²) >= 11 is 0. The Bertz CT molecular complexity index is 694. The summed E-state index contributed by atoms with van der Waals surface area (Å²) in [7, 11) is 0. The van der Waals surface area contributed by atoms with Gasteiger partial charge in [0, 0.05) is 11.6 Å². The van der Waals surface area contributed by atoms with Crippen LogP contribution < -0.4 is 0 Å². The first kappa shape index (κ1) is 13.9. The number of ketones is 1. The number of benzene rings is 2. The molecule has 0 aliphatic rings. The van der Waals surface area contributed by atoms with E-state index in [4.69, 9.17) is 0 Å². The molecule has 2 nitrogen and oxygen atoms in total. The van der Waals surface area contributed by atoms with Gasteiger partial charge in [-0.3, -0.25) is 4.79 Å². The normalized spacial score (nSPS) is 10.9. The highest BCUT2D eigenvalue weighted by atomic mass is 19.2. The largest absolute Gasteiger partial charge is 0.507 e. The third-order valence-electron chi connectivity index (χ3n) is 2.62. The van der Waals surface area contributed by atoms with Gasteiger partial charge in [-0.25, -0.2) is 13.2 Å². The molecule has 0 aliphatic heterocycles. The van der Waals surface area contributed by atoms with Crippen molar-refractivity contribution in [2.24, 2.45) is 0 Å². The molecule has 0 saturated carbocycles. The summed E-state index contributed by atoms with van der Waals surface area (Å²) in [6.45, 7) is 0. The average molecular weight is 278 g/mol. The molecule has 20 heavy (non-hydrogen) atoms. The van der Waals surface area contributed by atoms with Crippen LogP contribution in [0.2, 0.25) is 0 Å². The molecule has 5 heteroatoms. The van der Waals surface area contributed by atoms with Crippen molar-refractivity contribution in [2.75, 3.05) is 0 Å². The Morgan fingerprint density at radius 1 is 1.10 bits per heavy atom. The van der Waals surface area contributed by atoms with E-state index < -0.39 is 29.0 Å². The number of aromatic hydroxyl groups is 1. The lowest BCUT2D eigenvalue weighted by Crippen LogP contribution is -1.96. The van der Waals surface area contributed by atoms with Gasteiger partial charge in [-0.15, -0.1) is 0 Å². The number of phenolic OH excluding ortho intramolecular Hbond substituents is 1. The van der Waals surface area contributed by atoms with Crippen molar-refractivity contribution in [3.8, 4) is 5.75 Å². The molecule has 0 unspecified atom stereocenters. The maximum Gasteiger partial charge on any atom is 0.189 e. The Hall–Kier alpha value is -2.56. The highest BCUT2D eigenvalue weighted by molar-refractivity contribution is 6.08. The van der Waals surface area contributed by atoms with Crippen molar-refractivity contribution < 1.29 is 23.1 Å². The van der Waals surface area contributed by atoms with Crippen LogP contribution in [-0.4, -0.2) is 10.9 Å². The van der Waals surface area contributed by atoms with E-state index in [9.17, 15) is 23.1 Å². The predicted octanol–water partition coefficient (Wildman–Crippen LogP) is 3.71. The van der Waals surface area contributed by atoms with Crippen LogP contribution in [0, 0.1) is 17.5 Å². The highest BCUT2D eigenvalue weighted by Crippen LogP contribution is 2.20. The van der Waals surface area contributed by atoms with E-state index in [1.165, 1.54) is 12.1 Å². The molecule has 0 aromatic heterocycles. The number of phenols is 1. The van der Waals surface area contributed by atoms with E-state index in [0.29, 0.717) is 0 Å². The molecule has 0 fully saturated rings. The minimum Gasteiger partial charge on any atom is -0.507 e. The summed E-state index contributed by atoms with van der Waals surface area (Å²) < 4.78 is 39.1. The van der Waals surface area contributed by atoms with Crippen LogP contribution in [0.5, 0.6) is 5.75 Å². The summed E-state index contributed by atoms with van der Waals surface area (Å²) in [5.74, 6) is -3.94. The van der Waals surface area contributed by atoms with Crippen molar-refractivity contribution in [2.45, 2.75) is 0 Å². The highest BCUT2D eigenvalue weighted by Gasteiger charge is 2.10. The quantitative estimate of drug-likeness (QED) is 0.686. The zero-order valence-electron chi connectivity index (χ0n) is 10.1. The lowest BCUT2D eigenvalue weighted by atomic mass is 10.1. The number of rotatable bonds is 3. The molecule has 0 bridgehead atoms. The van der Waals surface area contributed by atoms with Crippen molar-refractivity contribution in [3.63, 3.8) is 0 Å². The number of hydrogen-bond donors (Lipinski definition) is 1. The van der Waals surface area contributed by atoms with E-state index in [2.05, 4.69) is 0 Å². The van der Waals surface area contributed by atoms with Gasteiger partial charge in [0.25, 0.3) is 0 Å². The maximum absolute atomic E-state index is 13.4. The first-order chi connectivity index (χ1) is 9.49. The van der Waals surface area contributed by atoms with Crippen LogP contribution in [0.3, 0.4) is 0 Å². The minimum atomic E-state index is -1.07. The predicted molar refractivity (Wildman–Crippen MR) is 67.8 cm³/mol. The topological polar surface area (TPSA) is 37.3 Å². The van der Waals surface area contributed by atoms with Crippen molar-refractivity contribution in [3.05, 3.63) is 71.1 Å². The number of carbonyl (C=O) groups excluding carboxylic acids is 1. The molecular formula is C15H9F3O2. The Morgan fingerprint density at radius 3 is 2.55 bits per heavy atom. The number of halogens is 3. The minimum absolute atomic E-state index is 0.0973. The third kappa shape index (κ3) is 2.88. The van der Waals surface area contributed by atoms with Crippen molar-refractivity contribution in [1.82, 2.24) is 0 Å². The Morgan fingerprint density at radius 2 is 1.85 bits per heavy atom. The fourth-order valence-corrected chi connectivity index (χ4v) is 1.62. The number of allylic oxidation sites excluding steroid dienone is 1. The van der Waals surface area contributed by atoms with Gasteiger partial charge in [0.1, 0.15) is 11.6 Å². The molecule has 0 saturated heterocycles. The van der Waals surface area contributed by atoms with E-state index >= 15 is 0 Å². The van der Waals surface area contributed by atoms with Gasteiger partial charge >= 0.3 is 0 Å². The van der Waals surface area contributed by atoms with E-state index in [-0.39, 0.29) is 11.1 Å². The van der Waals surface area contributed by atoms with E-state index in [1.807, 2.05) is 0 Å². The Labute approximate surface area is 112 Å². The molecule has 0 aliphatic carbocycles. The summed E-state index contributed by atoms with van der Waals surface area (Å²) in [6, 6.07) is 6.48. The Kier molecular flexibility index (Phi) is 3.89. The molecule has 2 aromatic rings. The SMILES string of the molecule is O=C(/C=C/c1cccc(F)c1F)c1ccc(F)cc1O. The molecule has 0 radical (unpaired) electrons. The summed E-state index contributed by atoms with van der Waals surface area (Å²) in [4.78, 5) is 11.8. The van der Waals surface area contributed by atoms with Crippen LogP contribution >= 0.6 is 0 Å². The first-order valence-corrected chi connectivity index (χ1v) is 5.64. The molecule has 0 atom stereocenters. The molecule has 1 N–H and O–H groups in total. The van der Waals surface area contributed by atoms with Crippen molar-refractivity contribution in [1.29, 1.82) is 0 Å². The Balaban J connectivity index is 2.27. The van der Waals surface area contributed by atoms with Crippen LogP contribution in [0.4, 0.5) is 13.2 Å². The monoisotopic (exact) mass is 278 g/mol. The average Bonchev–Trinajstić information content (AvgIpc) is 2.40. The van der Waals surface area contributed by atoms with Gasteiger partial charge in [0.15, 0.2) is 17.4 Å². The lowest BCUT2D eigenvalue weighted by molar-refractivity contribution is 0.104. The standard InChI is InChI=1S/C15H9F3O2/c16-10-5-6-11(14(20)8-10)13(19)7-4-9-2-1-3-12(17)15(9)18/h1-8,20H/b7-4+. The summed E-state index contributed by atoms with van der Waals surface area (Å²) in [5.41, 5.74) is -0.223. The van der Waals surface area contributed by atoms with Crippen LogP contribution in [0.15, 0.2) is 42.5 Å². The zero-order chi connectivity index (χ0) is 14.7. The molecule has 2 aromatic carbocycles. The van der Waals surface area contributed by atoms with Gasteiger partial charge < -0.3 is 5.11 Å². The van der Waals surface area contributed by atoms with Crippen LogP contribution in [-0.2, 0) is 0 Å². The summed E-state index contributed by atoms with van der Waals surface area (Å²) in [5, 5.41) is 9.43. The first-order valence-electron chi connectivity index (χ1n) is 5.64. The number of carbonyl (C=O) groups is 1. The molecule has 0 heterocycles.